The summed E-state index contributed by atoms with van der Waals surface area (Å²) in [6, 6.07) is 0.535. The highest BCUT2D eigenvalue weighted by Gasteiger charge is 2.33. The SMILES string of the molecule is COCC(C)N1CCC(CN)(SC)CC1. The molecule has 1 saturated heterocycles. The average Bonchev–Trinajstić information content (AvgIpc) is 2.29. The van der Waals surface area contributed by atoms with E-state index in [2.05, 4.69) is 18.1 Å². The molecule has 0 saturated carbocycles. The van der Waals surface area contributed by atoms with E-state index in [9.17, 15) is 0 Å². The van der Waals surface area contributed by atoms with Gasteiger partial charge in [0.2, 0.25) is 0 Å². The molecule has 0 aromatic heterocycles. The molecule has 0 bridgehead atoms. The molecule has 0 aromatic carbocycles. The number of nitrogens with two attached hydrogens (primary N) is 1. The van der Waals surface area contributed by atoms with E-state index in [1.54, 1.807) is 7.11 Å². The monoisotopic (exact) mass is 232 g/mol. The van der Waals surface area contributed by atoms with Crippen molar-refractivity contribution in [3.63, 3.8) is 0 Å². The topological polar surface area (TPSA) is 38.5 Å². The average molecular weight is 232 g/mol. The fraction of sp³-hybridized carbons (Fsp3) is 1.00. The number of rotatable bonds is 5. The second kappa shape index (κ2) is 6.09. The van der Waals surface area contributed by atoms with Gasteiger partial charge in [0.1, 0.15) is 0 Å². The molecule has 0 spiro atoms. The van der Waals surface area contributed by atoms with E-state index in [-0.39, 0.29) is 0 Å². The molecule has 0 amide bonds. The van der Waals surface area contributed by atoms with Crippen LogP contribution in [0.1, 0.15) is 19.8 Å². The van der Waals surface area contributed by atoms with Gasteiger partial charge in [-0.2, -0.15) is 11.8 Å². The van der Waals surface area contributed by atoms with Gasteiger partial charge in [-0.3, -0.25) is 4.90 Å². The molecule has 1 unspecified atom stereocenters. The summed E-state index contributed by atoms with van der Waals surface area (Å²) < 4.78 is 5.53. The molecule has 1 aliphatic rings. The first-order valence-electron chi connectivity index (χ1n) is 5.65. The van der Waals surface area contributed by atoms with Crippen LogP contribution in [0.2, 0.25) is 0 Å². The molecular weight excluding hydrogens is 208 g/mol. The Morgan fingerprint density at radius 2 is 2.07 bits per heavy atom. The molecule has 1 heterocycles. The van der Waals surface area contributed by atoms with Gasteiger partial charge in [0.15, 0.2) is 0 Å². The fourth-order valence-electron chi connectivity index (χ4n) is 2.21. The van der Waals surface area contributed by atoms with Gasteiger partial charge < -0.3 is 10.5 Å². The predicted molar refractivity (Wildman–Crippen MR) is 67.4 cm³/mol. The molecule has 90 valence electrons. The van der Waals surface area contributed by atoms with Crippen LogP contribution in [0.25, 0.3) is 0 Å². The molecule has 0 aliphatic carbocycles. The van der Waals surface area contributed by atoms with Crippen LogP contribution >= 0.6 is 11.8 Å². The van der Waals surface area contributed by atoms with Crippen LogP contribution in [0, 0.1) is 0 Å². The minimum atomic E-state index is 0.337. The first kappa shape index (κ1) is 13.3. The zero-order chi connectivity index (χ0) is 11.3. The molecular formula is C11H24N2OS. The third kappa shape index (κ3) is 3.34. The van der Waals surface area contributed by atoms with E-state index < -0.39 is 0 Å². The number of thioether (sulfide) groups is 1. The number of ether oxygens (including phenoxy) is 1. The molecule has 0 aromatic rings. The van der Waals surface area contributed by atoms with Gasteiger partial charge in [0, 0.05) is 24.4 Å². The lowest BCUT2D eigenvalue weighted by Gasteiger charge is -2.42. The lowest BCUT2D eigenvalue weighted by Crippen LogP contribution is -2.50. The summed E-state index contributed by atoms with van der Waals surface area (Å²) in [6.45, 7) is 6.18. The van der Waals surface area contributed by atoms with Gasteiger partial charge in [-0.15, -0.1) is 0 Å². The summed E-state index contributed by atoms with van der Waals surface area (Å²) in [4.78, 5) is 2.51. The Kier molecular flexibility index (Phi) is 5.39. The highest BCUT2D eigenvalue weighted by atomic mass is 32.2. The van der Waals surface area contributed by atoms with Crippen molar-refractivity contribution < 1.29 is 4.74 Å². The Hall–Kier alpha value is 0.230. The smallest absolute Gasteiger partial charge is 0.0615 e. The second-order valence-corrected chi connectivity index (χ2v) is 5.71. The number of methoxy groups -OCH3 is 1. The zero-order valence-corrected chi connectivity index (χ0v) is 11.0. The molecule has 1 atom stereocenters. The van der Waals surface area contributed by atoms with Crippen molar-refractivity contribution in [1.29, 1.82) is 0 Å². The predicted octanol–water partition coefficient (Wildman–Crippen LogP) is 1.18. The van der Waals surface area contributed by atoms with Crippen LogP contribution in [-0.4, -0.2) is 55.3 Å². The summed E-state index contributed by atoms with van der Waals surface area (Å²) >= 11 is 1.94. The molecule has 2 N–H and O–H groups in total. The van der Waals surface area contributed by atoms with E-state index in [0.717, 1.165) is 26.2 Å². The summed E-state index contributed by atoms with van der Waals surface area (Å²) in [7, 11) is 1.77. The standard InChI is InChI=1S/C11H24N2OS/c1-10(8-14-2)13-6-4-11(9-12,15-3)5-7-13/h10H,4-9,12H2,1-3H3. The van der Waals surface area contributed by atoms with Gasteiger partial charge >= 0.3 is 0 Å². The van der Waals surface area contributed by atoms with E-state index in [1.807, 2.05) is 11.8 Å². The molecule has 1 fully saturated rings. The van der Waals surface area contributed by atoms with E-state index in [1.165, 1.54) is 12.8 Å². The third-order valence-corrected chi connectivity index (χ3v) is 4.99. The second-order valence-electron chi connectivity index (χ2n) is 4.43. The molecule has 3 nitrogen and oxygen atoms in total. The van der Waals surface area contributed by atoms with Crippen LogP contribution < -0.4 is 5.73 Å². The maximum atomic E-state index is 5.86. The summed E-state index contributed by atoms with van der Waals surface area (Å²) in [5.41, 5.74) is 5.86. The Bertz CT molecular complexity index is 175. The van der Waals surface area contributed by atoms with Gasteiger partial charge in [-0.25, -0.2) is 0 Å². The van der Waals surface area contributed by atoms with E-state index >= 15 is 0 Å². The molecule has 0 radical (unpaired) electrons. The van der Waals surface area contributed by atoms with Gasteiger partial charge in [0.05, 0.1) is 6.61 Å². The van der Waals surface area contributed by atoms with Gasteiger partial charge in [0.25, 0.3) is 0 Å². The van der Waals surface area contributed by atoms with Crippen LogP contribution in [-0.2, 0) is 4.74 Å². The Labute approximate surface area is 97.7 Å². The van der Waals surface area contributed by atoms with Crippen molar-refractivity contribution in [2.75, 3.05) is 39.6 Å². The lowest BCUT2D eigenvalue weighted by atomic mass is 9.95. The number of nitrogens with zero attached hydrogens (tertiary/aromatic N) is 1. The Morgan fingerprint density at radius 1 is 1.47 bits per heavy atom. The van der Waals surface area contributed by atoms with Crippen molar-refractivity contribution in [1.82, 2.24) is 4.90 Å². The van der Waals surface area contributed by atoms with Gasteiger partial charge in [-0.1, -0.05) is 0 Å². The highest BCUT2D eigenvalue weighted by molar-refractivity contribution is 8.00. The number of piperidine rings is 1. The molecule has 15 heavy (non-hydrogen) atoms. The van der Waals surface area contributed by atoms with E-state index in [4.69, 9.17) is 10.5 Å². The summed E-state index contributed by atoms with van der Waals surface area (Å²) in [6.07, 6.45) is 4.60. The summed E-state index contributed by atoms with van der Waals surface area (Å²) in [5, 5.41) is 0. The lowest BCUT2D eigenvalue weighted by molar-refractivity contribution is 0.0794. The normalized spacial score (nSPS) is 24.0. The highest BCUT2D eigenvalue weighted by Crippen LogP contribution is 2.33. The van der Waals surface area contributed by atoms with Crippen molar-refractivity contribution >= 4 is 11.8 Å². The molecule has 4 heteroatoms. The summed E-state index contributed by atoms with van der Waals surface area (Å²) in [5.74, 6) is 0. The van der Waals surface area contributed by atoms with Crippen LogP contribution in [0.4, 0.5) is 0 Å². The van der Waals surface area contributed by atoms with Crippen molar-refractivity contribution in [2.24, 2.45) is 5.73 Å². The molecule has 1 aliphatic heterocycles. The van der Waals surface area contributed by atoms with Crippen molar-refractivity contribution in [3.8, 4) is 0 Å². The zero-order valence-electron chi connectivity index (χ0n) is 10.2. The molecule has 1 rings (SSSR count). The van der Waals surface area contributed by atoms with Crippen molar-refractivity contribution in [2.45, 2.75) is 30.6 Å². The number of hydrogen-bond donors (Lipinski definition) is 1. The first-order chi connectivity index (χ1) is 7.17. The first-order valence-corrected chi connectivity index (χ1v) is 6.88. The quantitative estimate of drug-likeness (QED) is 0.772. The fourth-order valence-corrected chi connectivity index (χ4v) is 2.97. The minimum Gasteiger partial charge on any atom is -0.383 e. The number of likely N-dealkylation sites (tertiary alicyclic amines) is 1. The number of hydrogen-bond acceptors (Lipinski definition) is 4. The van der Waals surface area contributed by atoms with E-state index in [0.29, 0.717) is 10.8 Å². The largest absolute Gasteiger partial charge is 0.383 e. The maximum Gasteiger partial charge on any atom is 0.0615 e. The maximum absolute atomic E-state index is 5.86. The Morgan fingerprint density at radius 3 is 2.47 bits per heavy atom. The van der Waals surface area contributed by atoms with Crippen molar-refractivity contribution in [3.05, 3.63) is 0 Å². The van der Waals surface area contributed by atoms with Gasteiger partial charge in [-0.05, 0) is 39.1 Å². The van der Waals surface area contributed by atoms with Crippen LogP contribution in [0.15, 0.2) is 0 Å². The van der Waals surface area contributed by atoms with Crippen LogP contribution in [0.5, 0.6) is 0 Å². The Balaban J connectivity index is 2.40. The third-order valence-electron chi connectivity index (χ3n) is 3.55. The minimum absolute atomic E-state index is 0.337. The van der Waals surface area contributed by atoms with Crippen LogP contribution in [0.3, 0.4) is 0 Å².